The number of nitrogens with zero attached hydrogens (tertiary/aromatic N) is 1. The van der Waals surface area contributed by atoms with Gasteiger partial charge in [0.05, 0.1) is 0 Å². The Morgan fingerprint density at radius 1 is 0.821 bits per heavy atom. The van der Waals surface area contributed by atoms with Gasteiger partial charge in [0.1, 0.15) is 12.0 Å². The number of carbonyl (C=O) groups excluding carboxylic acids is 1. The van der Waals surface area contributed by atoms with E-state index in [-0.39, 0.29) is 5.91 Å². The van der Waals surface area contributed by atoms with E-state index in [2.05, 4.69) is 10.3 Å². The summed E-state index contributed by atoms with van der Waals surface area (Å²) in [5.74, 6) is 0.555. The summed E-state index contributed by atoms with van der Waals surface area (Å²) >= 11 is 0. The highest BCUT2D eigenvalue weighted by Crippen LogP contribution is 2.25. The van der Waals surface area contributed by atoms with Crippen LogP contribution in [-0.2, 0) is 11.2 Å². The van der Waals surface area contributed by atoms with Crippen LogP contribution in [0, 0.1) is 0 Å². The van der Waals surface area contributed by atoms with E-state index < -0.39 is 0 Å². The minimum Gasteiger partial charge on any atom is -0.444 e. The van der Waals surface area contributed by atoms with Gasteiger partial charge in [-0.05, 0) is 36.2 Å². The van der Waals surface area contributed by atoms with Crippen molar-refractivity contribution in [3.63, 3.8) is 0 Å². The zero-order valence-corrected chi connectivity index (χ0v) is 15.3. The Balaban J connectivity index is 1.37. The van der Waals surface area contributed by atoms with Crippen LogP contribution in [0.5, 0.6) is 0 Å². The standard InChI is InChI=1S/C24H20N2O2/c27-23(16-11-18-7-3-1-4-8-18)25-21-14-12-20(13-15-21)24-26-22(17-28-24)19-9-5-2-6-10-19/h1-10,12-15,17H,11,16H2,(H,25,27). The van der Waals surface area contributed by atoms with Crippen molar-refractivity contribution in [3.05, 3.63) is 96.8 Å². The van der Waals surface area contributed by atoms with E-state index in [1.165, 1.54) is 0 Å². The summed E-state index contributed by atoms with van der Waals surface area (Å²) in [5, 5.41) is 2.93. The monoisotopic (exact) mass is 368 g/mol. The normalized spacial score (nSPS) is 10.6. The molecule has 1 amide bonds. The molecule has 1 N–H and O–H groups in total. The Labute approximate surface area is 163 Å². The number of nitrogens with one attached hydrogen (secondary N) is 1. The Bertz CT molecular complexity index is 1040. The van der Waals surface area contributed by atoms with E-state index in [0.717, 1.165) is 34.5 Å². The maximum atomic E-state index is 12.2. The largest absolute Gasteiger partial charge is 0.444 e. The minimum atomic E-state index is -0.000842. The molecule has 0 bridgehead atoms. The third-order valence-corrected chi connectivity index (χ3v) is 4.47. The lowest BCUT2D eigenvalue weighted by Crippen LogP contribution is -2.12. The van der Waals surface area contributed by atoms with Crippen molar-refractivity contribution in [1.82, 2.24) is 4.98 Å². The van der Waals surface area contributed by atoms with Gasteiger partial charge in [0.15, 0.2) is 0 Å². The van der Waals surface area contributed by atoms with Crippen LogP contribution in [0.15, 0.2) is 95.6 Å². The van der Waals surface area contributed by atoms with Crippen LogP contribution in [0.3, 0.4) is 0 Å². The SMILES string of the molecule is O=C(CCc1ccccc1)Nc1ccc(-c2nc(-c3ccccc3)co2)cc1. The van der Waals surface area contributed by atoms with E-state index in [9.17, 15) is 4.79 Å². The molecule has 138 valence electrons. The highest BCUT2D eigenvalue weighted by Gasteiger charge is 2.09. The molecule has 0 saturated heterocycles. The molecule has 0 radical (unpaired) electrons. The maximum Gasteiger partial charge on any atom is 0.226 e. The summed E-state index contributed by atoms with van der Waals surface area (Å²) in [6.45, 7) is 0. The van der Waals surface area contributed by atoms with Crippen LogP contribution in [0.25, 0.3) is 22.7 Å². The Morgan fingerprint density at radius 3 is 2.21 bits per heavy atom. The van der Waals surface area contributed by atoms with Crippen LogP contribution in [0.1, 0.15) is 12.0 Å². The molecule has 0 fully saturated rings. The smallest absolute Gasteiger partial charge is 0.226 e. The Kier molecular flexibility index (Phi) is 5.29. The summed E-state index contributed by atoms with van der Waals surface area (Å²) in [4.78, 5) is 16.7. The molecule has 28 heavy (non-hydrogen) atoms. The van der Waals surface area contributed by atoms with Gasteiger partial charge < -0.3 is 9.73 Å². The van der Waals surface area contributed by atoms with Gasteiger partial charge in [-0.1, -0.05) is 60.7 Å². The first kappa shape index (κ1) is 17.7. The van der Waals surface area contributed by atoms with Crippen molar-refractivity contribution < 1.29 is 9.21 Å². The summed E-state index contributed by atoms with van der Waals surface area (Å²) in [5.41, 5.74) is 4.60. The lowest BCUT2D eigenvalue weighted by Gasteiger charge is -2.06. The molecule has 0 spiro atoms. The van der Waals surface area contributed by atoms with E-state index >= 15 is 0 Å². The number of hydrogen-bond donors (Lipinski definition) is 1. The molecular formula is C24H20N2O2. The molecule has 4 heteroatoms. The number of hydrogen-bond acceptors (Lipinski definition) is 3. The number of anilines is 1. The fourth-order valence-electron chi connectivity index (χ4n) is 2.97. The van der Waals surface area contributed by atoms with Gasteiger partial charge in [0, 0.05) is 23.2 Å². The second-order valence-corrected chi connectivity index (χ2v) is 6.52. The van der Waals surface area contributed by atoms with Gasteiger partial charge in [-0.3, -0.25) is 4.79 Å². The number of aromatic nitrogens is 1. The van der Waals surface area contributed by atoms with Gasteiger partial charge in [-0.2, -0.15) is 0 Å². The van der Waals surface area contributed by atoms with Crippen molar-refractivity contribution >= 4 is 11.6 Å². The topological polar surface area (TPSA) is 55.1 Å². The Morgan fingerprint density at radius 2 is 1.50 bits per heavy atom. The van der Waals surface area contributed by atoms with Gasteiger partial charge in [-0.25, -0.2) is 4.98 Å². The molecule has 1 aromatic heterocycles. The van der Waals surface area contributed by atoms with Crippen molar-refractivity contribution in [1.29, 1.82) is 0 Å². The van der Waals surface area contributed by atoms with E-state index in [0.29, 0.717) is 12.3 Å². The summed E-state index contributed by atoms with van der Waals surface area (Å²) < 4.78 is 5.62. The molecule has 0 atom stereocenters. The van der Waals surface area contributed by atoms with Gasteiger partial charge in [-0.15, -0.1) is 0 Å². The zero-order valence-electron chi connectivity index (χ0n) is 15.3. The summed E-state index contributed by atoms with van der Waals surface area (Å²) in [7, 11) is 0. The van der Waals surface area contributed by atoms with E-state index in [1.54, 1.807) is 6.26 Å². The predicted octanol–water partition coefficient (Wildman–Crippen LogP) is 5.58. The number of benzene rings is 3. The van der Waals surface area contributed by atoms with Gasteiger partial charge in [0.2, 0.25) is 11.8 Å². The zero-order chi connectivity index (χ0) is 19.2. The number of aryl methyl sites for hydroxylation is 1. The molecule has 4 rings (SSSR count). The highest BCUT2D eigenvalue weighted by atomic mass is 16.3. The molecule has 0 aliphatic heterocycles. The summed E-state index contributed by atoms with van der Waals surface area (Å²) in [6.07, 6.45) is 2.83. The van der Waals surface area contributed by atoms with E-state index in [1.807, 2.05) is 84.9 Å². The van der Waals surface area contributed by atoms with Crippen LogP contribution in [0.2, 0.25) is 0 Å². The molecule has 0 saturated carbocycles. The maximum absolute atomic E-state index is 12.2. The van der Waals surface area contributed by atoms with Crippen LogP contribution in [-0.4, -0.2) is 10.9 Å². The van der Waals surface area contributed by atoms with Crippen molar-refractivity contribution in [2.45, 2.75) is 12.8 Å². The number of oxazole rings is 1. The summed E-state index contributed by atoms with van der Waals surface area (Å²) in [6, 6.07) is 27.4. The molecule has 4 aromatic rings. The molecule has 0 aliphatic carbocycles. The van der Waals surface area contributed by atoms with Crippen LogP contribution >= 0.6 is 0 Å². The fraction of sp³-hybridized carbons (Fsp3) is 0.0833. The first-order chi connectivity index (χ1) is 13.8. The molecule has 4 nitrogen and oxygen atoms in total. The lowest BCUT2D eigenvalue weighted by molar-refractivity contribution is -0.116. The quantitative estimate of drug-likeness (QED) is 0.483. The van der Waals surface area contributed by atoms with Gasteiger partial charge in [0.25, 0.3) is 0 Å². The minimum absolute atomic E-state index is 0.000842. The highest BCUT2D eigenvalue weighted by molar-refractivity contribution is 5.91. The average molecular weight is 368 g/mol. The number of carbonyl (C=O) groups is 1. The molecular weight excluding hydrogens is 348 g/mol. The van der Waals surface area contributed by atoms with Crippen molar-refractivity contribution in [2.24, 2.45) is 0 Å². The number of amides is 1. The second-order valence-electron chi connectivity index (χ2n) is 6.52. The van der Waals surface area contributed by atoms with Crippen LogP contribution in [0.4, 0.5) is 5.69 Å². The number of rotatable bonds is 6. The van der Waals surface area contributed by atoms with Crippen LogP contribution < -0.4 is 5.32 Å². The molecule has 1 heterocycles. The first-order valence-corrected chi connectivity index (χ1v) is 9.23. The molecule has 0 aliphatic rings. The third kappa shape index (κ3) is 4.35. The Hall–Kier alpha value is -3.66. The van der Waals surface area contributed by atoms with Crippen molar-refractivity contribution in [2.75, 3.05) is 5.32 Å². The first-order valence-electron chi connectivity index (χ1n) is 9.23. The van der Waals surface area contributed by atoms with Gasteiger partial charge >= 0.3 is 0 Å². The molecule has 3 aromatic carbocycles. The third-order valence-electron chi connectivity index (χ3n) is 4.47. The average Bonchev–Trinajstić information content (AvgIpc) is 3.25. The lowest BCUT2D eigenvalue weighted by atomic mass is 10.1. The van der Waals surface area contributed by atoms with E-state index in [4.69, 9.17) is 4.42 Å². The fourth-order valence-corrected chi connectivity index (χ4v) is 2.97. The second kappa shape index (κ2) is 8.35. The predicted molar refractivity (Wildman–Crippen MR) is 111 cm³/mol. The molecule has 0 unspecified atom stereocenters. The van der Waals surface area contributed by atoms with Crippen molar-refractivity contribution in [3.8, 4) is 22.7 Å².